The SMILES string of the molecule is CC(=O)c1ccc(N2CC[C@H](O)C2)cc1. The first-order valence-corrected chi connectivity index (χ1v) is 5.21. The van der Waals surface area contributed by atoms with E-state index < -0.39 is 0 Å². The van der Waals surface area contributed by atoms with Gasteiger partial charge in [0.25, 0.3) is 0 Å². The summed E-state index contributed by atoms with van der Waals surface area (Å²) in [6.45, 7) is 3.15. The summed E-state index contributed by atoms with van der Waals surface area (Å²) in [5.41, 5.74) is 1.81. The molecule has 1 heterocycles. The number of nitrogens with zero attached hydrogens (tertiary/aromatic N) is 1. The van der Waals surface area contributed by atoms with Crippen molar-refractivity contribution in [2.24, 2.45) is 0 Å². The molecule has 1 N–H and O–H groups in total. The molecule has 1 fully saturated rings. The van der Waals surface area contributed by atoms with Crippen molar-refractivity contribution in [2.45, 2.75) is 19.4 Å². The van der Waals surface area contributed by atoms with Crippen molar-refractivity contribution in [1.82, 2.24) is 0 Å². The molecule has 1 aliphatic rings. The van der Waals surface area contributed by atoms with Crippen LogP contribution in [0.2, 0.25) is 0 Å². The molecular formula is C12H15NO2. The quantitative estimate of drug-likeness (QED) is 0.743. The first-order chi connectivity index (χ1) is 7.16. The van der Waals surface area contributed by atoms with E-state index in [1.165, 1.54) is 0 Å². The molecule has 1 atom stereocenters. The highest BCUT2D eigenvalue weighted by atomic mass is 16.3. The number of hydrogen-bond acceptors (Lipinski definition) is 3. The second kappa shape index (κ2) is 4.03. The van der Waals surface area contributed by atoms with Crippen LogP contribution >= 0.6 is 0 Å². The monoisotopic (exact) mass is 205 g/mol. The number of anilines is 1. The van der Waals surface area contributed by atoms with E-state index in [4.69, 9.17) is 0 Å². The molecule has 0 bridgehead atoms. The van der Waals surface area contributed by atoms with Crippen LogP contribution in [0.3, 0.4) is 0 Å². The van der Waals surface area contributed by atoms with Gasteiger partial charge in [-0.15, -0.1) is 0 Å². The smallest absolute Gasteiger partial charge is 0.159 e. The van der Waals surface area contributed by atoms with Crippen LogP contribution in [0, 0.1) is 0 Å². The highest BCUT2D eigenvalue weighted by molar-refractivity contribution is 5.94. The molecule has 0 aromatic heterocycles. The van der Waals surface area contributed by atoms with Crippen LogP contribution in [0.25, 0.3) is 0 Å². The molecule has 0 spiro atoms. The number of Topliss-reactive ketones (excluding diaryl/α,β-unsaturated/α-hetero) is 1. The predicted molar refractivity (Wildman–Crippen MR) is 59.3 cm³/mol. The molecule has 0 radical (unpaired) electrons. The van der Waals surface area contributed by atoms with Gasteiger partial charge >= 0.3 is 0 Å². The number of carbonyl (C=O) groups excluding carboxylic acids is 1. The van der Waals surface area contributed by atoms with Crippen molar-refractivity contribution in [2.75, 3.05) is 18.0 Å². The molecule has 1 aromatic carbocycles. The Balaban J connectivity index is 2.13. The molecule has 15 heavy (non-hydrogen) atoms. The Morgan fingerprint density at radius 1 is 1.40 bits per heavy atom. The van der Waals surface area contributed by atoms with Gasteiger partial charge in [0.15, 0.2) is 5.78 Å². The molecule has 3 heteroatoms. The number of ketones is 1. The fraction of sp³-hybridized carbons (Fsp3) is 0.417. The van der Waals surface area contributed by atoms with Gasteiger partial charge in [0.2, 0.25) is 0 Å². The maximum absolute atomic E-state index is 11.1. The van der Waals surface area contributed by atoms with Gasteiger partial charge in [-0.3, -0.25) is 4.79 Å². The lowest BCUT2D eigenvalue weighted by molar-refractivity contribution is 0.101. The van der Waals surface area contributed by atoms with Crippen molar-refractivity contribution >= 4 is 11.5 Å². The summed E-state index contributed by atoms with van der Waals surface area (Å²) in [6.07, 6.45) is 0.617. The Morgan fingerprint density at radius 2 is 2.07 bits per heavy atom. The molecule has 0 unspecified atom stereocenters. The van der Waals surface area contributed by atoms with E-state index in [0.717, 1.165) is 24.2 Å². The summed E-state index contributed by atoms with van der Waals surface area (Å²) in [5.74, 6) is 0.0861. The normalized spacial score (nSPS) is 20.7. The van der Waals surface area contributed by atoms with Gasteiger partial charge < -0.3 is 10.0 Å². The molecule has 2 rings (SSSR count). The van der Waals surface area contributed by atoms with Crippen LogP contribution in [0.4, 0.5) is 5.69 Å². The number of rotatable bonds is 2. The van der Waals surface area contributed by atoms with E-state index in [9.17, 15) is 9.90 Å². The summed E-state index contributed by atoms with van der Waals surface area (Å²) in [5, 5.41) is 9.41. The summed E-state index contributed by atoms with van der Waals surface area (Å²) < 4.78 is 0. The Kier molecular flexibility index (Phi) is 2.73. The molecule has 3 nitrogen and oxygen atoms in total. The average molecular weight is 205 g/mol. The third kappa shape index (κ3) is 2.18. The maximum atomic E-state index is 11.1. The number of hydrogen-bond donors (Lipinski definition) is 1. The third-order valence-electron chi connectivity index (χ3n) is 2.80. The Bertz CT molecular complexity index is 358. The van der Waals surface area contributed by atoms with Gasteiger partial charge in [-0.25, -0.2) is 0 Å². The fourth-order valence-electron chi connectivity index (χ4n) is 1.88. The van der Waals surface area contributed by atoms with Crippen LogP contribution in [0.5, 0.6) is 0 Å². The first kappa shape index (κ1) is 10.2. The highest BCUT2D eigenvalue weighted by Gasteiger charge is 2.20. The topological polar surface area (TPSA) is 40.5 Å². The van der Waals surface area contributed by atoms with E-state index in [2.05, 4.69) is 4.90 Å². The van der Waals surface area contributed by atoms with E-state index in [1.807, 2.05) is 24.3 Å². The van der Waals surface area contributed by atoms with Crippen LogP contribution in [0.1, 0.15) is 23.7 Å². The lowest BCUT2D eigenvalue weighted by Gasteiger charge is -2.17. The highest BCUT2D eigenvalue weighted by Crippen LogP contribution is 2.20. The number of carbonyl (C=O) groups is 1. The third-order valence-corrected chi connectivity index (χ3v) is 2.80. The van der Waals surface area contributed by atoms with E-state index >= 15 is 0 Å². The molecule has 1 aromatic rings. The number of aliphatic hydroxyl groups is 1. The molecule has 0 saturated carbocycles. The predicted octanol–water partition coefficient (Wildman–Crippen LogP) is 1.46. The second-order valence-corrected chi connectivity index (χ2v) is 3.99. The Hall–Kier alpha value is -1.35. The van der Waals surface area contributed by atoms with Gasteiger partial charge in [0.05, 0.1) is 6.10 Å². The molecule has 80 valence electrons. The second-order valence-electron chi connectivity index (χ2n) is 3.99. The zero-order valence-electron chi connectivity index (χ0n) is 8.81. The zero-order valence-corrected chi connectivity index (χ0v) is 8.81. The van der Waals surface area contributed by atoms with Crippen molar-refractivity contribution in [3.8, 4) is 0 Å². The van der Waals surface area contributed by atoms with Gasteiger partial charge in [0, 0.05) is 24.3 Å². The van der Waals surface area contributed by atoms with Crippen molar-refractivity contribution < 1.29 is 9.90 Å². The zero-order chi connectivity index (χ0) is 10.8. The molecular weight excluding hydrogens is 190 g/mol. The molecule has 1 saturated heterocycles. The van der Waals surface area contributed by atoms with Crippen LogP contribution in [-0.4, -0.2) is 30.1 Å². The maximum Gasteiger partial charge on any atom is 0.159 e. The minimum absolute atomic E-state index is 0.0861. The Labute approximate surface area is 89.3 Å². The first-order valence-electron chi connectivity index (χ1n) is 5.21. The van der Waals surface area contributed by atoms with Crippen LogP contribution in [0.15, 0.2) is 24.3 Å². The van der Waals surface area contributed by atoms with Crippen molar-refractivity contribution in [1.29, 1.82) is 0 Å². The van der Waals surface area contributed by atoms with Crippen molar-refractivity contribution in [3.05, 3.63) is 29.8 Å². The number of β-amino-alcohol motifs (C(OH)–C–C–N with tert-alkyl or cyclic N) is 1. The van der Waals surface area contributed by atoms with Gasteiger partial charge in [0.1, 0.15) is 0 Å². The number of benzene rings is 1. The van der Waals surface area contributed by atoms with Gasteiger partial charge in [-0.05, 0) is 37.6 Å². The summed E-state index contributed by atoms with van der Waals surface area (Å²) in [4.78, 5) is 13.2. The largest absolute Gasteiger partial charge is 0.391 e. The number of aliphatic hydroxyl groups excluding tert-OH is 1. The minimum atomic E-state index is -0.211. The van der Waals surface area contributed by atoms with E-state index in [0.29, 0.717) is 6.54 Å². The average Bonchev–Trinajstić information content (AvgIpc) is 2.65. The van der Waals surface area contributed by atoms with E-state index in [-0.39, 0.29) is 11.9 Å². The fourth-order valence-corrected chi connectivity index (χ4v) is 1.88. The lowest BCUT2D eigenvalue weighted by atomic mass is 10.1. The van der Waals surface area contributed by atoms with E-state index in [1.54, 1.807) is 6.92 Å². The lowest BCUT2D eigenvalue weighted by Crippen LogP contribution is -2.20. The Morgan fingerprint density at radius 3 is 2.53 bits per heavy atom. The standard InChI is InChI=1S/C12H15NO2/c1-9(14)10-2-4-11(5-3-10)13-7-6-12(15)8-13/h2-5,12,15H,6-8H2,1H3/t12-/m0/s1. The van der Waals surface area contributed by atoms with Gasteiger partial charge in [-0.1, -0.05) is 0 Å². The van der Waals surface area contributed by atoms with Gasteiger partial charge in [-0.2, -0.15) is 0 Å². The molecule has 1 aliphatic heterocycles. The molecule has 0 aliphatic carbocycles. The van der Waals surface area contributed by atoms with Crippen molar-refractivity contribution in [3.63, 3.8) is 0 Å². The summed E-state index contributed by atoms with van der Waals surface area (Å²) in [7, 11) is 0. The van der Waals surface area contributed by atoms with Crippen LogP contribution < -0.4 is 4.90 Å². The summed E-state index contributed by atoms with van der Waals surface area (Å²) >= 11 is 0. The van der Waals surface area contributed by atoms with Crippen LogP contribution in [-0.2, 0) is 0 Å². The molecule has 0 amide bonds. The summed E-state index contributed by atoms with van der Waals surface area (Å²) in [6, 6.07) is 7.55. The minimum Gasteiger partial charge on any atom is -0.391 e.